The Bertz CT molecular complexity index is 658. The van der Waals surface area contributed by atoms with E-state index >= 15 is 0 Å². The molecule has 0 aliphatic carbocycles. The standard InChI is InChI=1S/C17H16INO3/c1-12(13-7-3-2-4-8-13)19-16(20)11-22-17(21)14-9-5-6-10-15(14)18/h2-10,12H,11H2,1H3,(H,19,20)/t12-/m0/s1. The van der Waals surface area contributed by atoms with Gasteiger partial charge in [-0.05, 0) is 47.2 Å². The van der Waals surface area contributed by atoms with Crippen LogP contribution in [0.1, 0.15) is 28.9 Å². The first-order valence-corrected chi connectivity index (χ1v) is 7.92. The number of esters is 1. The second-order valence-corrected chi connectivity index (χ2v) is 5.92. The average Bonchev–Trinajstić information content (AvgIpc) is 2.54. The summed E-state index contributed by atoms with van der Waals surface area (Å²) in [5.41, 5.74) is 1.46. The van der Waals surface area contributed by atoms with Crippen LogP contribution in [0.4, 0.5) is 0 Å². The number of halogens is 1. The topological polar surface area (TPSA) is 55.4 Å². The molecule has 0 radical (unpaired) electrons. The maximum atomic E-state index is 11.9. The molecule has 1 atom stereocenters. The van der Waals surface area contributed by atoms with Crippen LogP contribution in [0.3, 0.4) is 0 Å². The largest absolute Gasteiger partial charge is 0.452 e. The van der Waals surface area contributed by atoms with Gasteiger partial charge in [0.25, 0.3) is 5.91 Å². The number of nitrogens with one attached hydrogen (secondary N) is 1. The smallest absolute Gasteiger partial charge is 0.339 e. The van der Waals surface area contributed by atoms with Crippen molar-refractivity contribution in [2.75, 3.05) is 6.61 Å². The van der Waals surface area contributed by atoms with Gasteiger partial charge in [-0.15, -0.1) is 0 Å². The van der Waals surface area contributed by atoms with Crippen molar-refractivity contribution in [3.63, 3.8) is 0 Å². The predicted octanol–water partition coefficient (Wildman–Crippen LogP) is 3.33. The lowest BCUT2D eigenvalue weighted by molar-refractivity contribution is -0.124. The Labute approximate surface area is 143 Å². The van der Waals surface area contributed by atoms with Gasteiger partial charge < -0.3 is 10.1 Å². The molecule has 2 rings (SSSR count). The summed E-state index contributed by atoms with van der Waals surface area (Å²) in [5, 5.41) is 2.80. The van der Waals surface area contributed by atoms with E-state index in [9.17, 15) is 9.59 Å². The van der Waals surface area contributed by atoms with E-state index in [2.05, 4.69) is 27.9 Å². The maximum Gasteiger partial charge on any atom is 0.339 e. The summed E-state index contributed by atoms with van der Waals surface area (Å²) in [6, 6.07) is 16.6. The third kappa shape index (κ3) is 4.56. The fourth-order valence-electron chi connectivity index (χ4n) is 1.94. The highest BCUT2D eigenvalue weighted by molar-refractivity contribution is 14.1. The molecule has 0 aliphatic heterocycles. The minimum atomic E-state index is -0.493. The molecule has 22 heavy (non-hydrogen) atoms. The zero-order valence-corrected chi connectivity index (χ0v) is 14.2. The van der Waals surface area contributed by atoms with Gasteiger partial charge in [-0.3, -0.25) is 4.79 Å². The van der Waals surface area contributed by atoms with Gasteiger partial charge in [0.2, 0.25) is 0 Å². The molecule has 2 aromatic carbocycles. The summed E-state index contributed by atoms with van der Waals surface area (Å²) < 4.78 is 5.85. The van der Waals surface area contributed by atoms with Crippen LogP contribution in [0, 0.1) is 3.57 Å². The fourth-order valence-corrected chi connectivity index (χ4v) is 2.55. The lowest BCUT2D eigenvalue weighted by Crippen LogP contribution is -2.31. The van der Waals surface area contributed by atoms with E-state index in [0.29, 0.717) is 5.56 Å². The first-order valence-electron chi connectivity index (χ1n) is 6.84. The molecule has 5 heteroatoms. The number of carbonyl (C=O) groups is 2. The highest BCUT2D eigenvalue weighted by Crippen LogP contribution is 2.13. The van der Waals surface area contributed by atoms with Crippen LogP contribution in [0.15, 0.2) is 54.6 Å². The number of rotatable bonds is 5. The summed E-state index contributed by atoms with van der Waals surface area (Å²) in [4.78, 5) is 23.8. The molecule has 0 fully saturated rings. The van der Waals surface area contributed by atoms with Gasteiger partial charge in [-0.2, -0.15) is 0 Å². The first kappa shape index (κ1) is 16.5. The Morgan fingerprint density at radius 2 is 1.73 bits per heavy atom. The van der Waals surface area contributed by atoms with Gasteiger partial charge in [-0.1, -0.05) is 42.5 Å². The van der Waals surface area contributed by atoms with Crippen molar-refractivity contribution in [1.29, 1.82) is 0 Å². The van der Waals surface area contributed by atoms with Crippen molar-refractivity contribution in [3.05, 3.63) is 69.3 Å². The van der Waals surface area contributed by atoms with Crippen LogP contribution in [-0.2, 0) is 9.53 Å². The van der Waals surface area contributed by atoms with E-state index < -0.39 is 5.97 Å². The number of hydrogen-bond donors (Lipinski definition) is 1. The Morgan fingerprint density at radius 3 is 2.41 bits per heavy atom. The maximum absolute atomic E-state index is 11.9. The molecule has 0 bridgehead atoms. The molecule has 0 saturated heterocycles. The Morgan fingerprint density at radius 1 is 1.09 bits per heavy atom. The van der Waals surface area contributed by atoms with Gasteiger partial charge in [0.1, 0.15) is 0 Å². The fraction of sp³-hybridized carbons (Fsp3) is 0.176. The molecular formula is C17H16INO3. The molecule has 0 aromatic heterocycles. The summed E-state index contributed by atoms with van der Waals surface area (Å²) in [5.74, 6) is -0.817. The first-order chi connectivity index (χ1) is 10.6. The number of ether oxygens (including phenoxy) is 1. The van der Waals surface area contributed by atoms with Crippen LogP contribution in [0.2, 0.25) is 0 Å². The molecule has 114 valence electrons. The van der Waals surface area contributed by atoms with Crippen LogP contribution in [0.25, 0.3) is 0 Å². The second kappa shape index (κ2) is 7.93. The van der Waals surface area contributed by atoms with Gasteiger partial charge in [-0.25, -0.2) is 4.79 Å². The lowest BCUT2D eigenvalue weighted by Gasteiger charge is -2.14. The van der Waals surface area contributed by atoms with Gasteiger partial charge in [0.05, 0.1) is 11.6 Å². The molecule has 2 aromatic rings. The van der Waals surface area contributed by atoms with E-state index in [1.807, 2.05) is 49.4 Å². The quantitative estimate of drug-likeness (QED) is 0.609. The Balaban J connectivity index is 1.85. The third-order valence-corrected chi connectivity index (χ3v) is 4.05. The monoisotopic (exact) mass is 409 g/mol. The zero-order valence-electron chi connectivity index (χ0n) is 12.1. The number of carbonyl (C=O) groups excluding carboxylic acids is 2. The van der Waals surface area contributed by atoms with Crippen molar-refractivity contribution in [3.8, 4) is 0 Å². The summed E-state index contributed by atoms with van der Waals surface area (Å²) >= 11 is 2.06. The van der Waals surface area contributed by atoms with Crippen molar-refractivity contribution in [2.24, 2.45) is 0 Å². The van der Waals surface area contributed by atoms with Gasteiger partial charge >= 0.3 is 5.97 Å². The zero-order chi connectivity index (χ0) is 15.9. The normalized spacial score (nSPS) is 11.5. The molecular weight excluding hydrogens is 393 g/mol. The molecule has 0 heterocycles. The minimum absolute atomic E-state index is 0.135. The summed E-state index contributed by atoms with van der Waals surface area (Å²) in [6.07, 6.45) is 0. The Kier molecular flexibility index (Phi) is 5.94. The van der Waals surface area contributed by atoms with Crippen molar-refractivity contribution >= 4 is 34.5 Å². The third-order valence-electron chi connectivity index (χ3n) is 3.11. The van der Waals surface area contributed by atoms with E-state index in [1.54, 1.807) is 12.1 Å². The van der Waals surface area contributed by atoms with Gasteiger partial charge in [0, 0.05) is 3.57 Å². The highest BCUT2D eigenvalue weighted by atomic mass is 127. The van der Waals surface area contributed by atoms with Gasteiger partial charge in [0.15, 0.2) is 6.61 Å². The number of amides is 1. The molecule has 0 aliphatic rings. The minimum Gasteiger partial charge on any atom is -0.452 e. The van der Waals surface area contributed by atoms with Crippen molar-refractivity contribution in [2.45, 2.75) is 13.0 Å². The van der Waals surface area contributed by atoms with E-state index in [0.717, 1.165) is 9.13 Å². The molecule has 1 amide bonds. The van der Waals surface area contributed by atoms with Crippen LogP contribution in [-0.4, -0.2) is 18.5 Å². The number of hydrogen-bond acceptors (Lipinski definition) is 3. The second-order valence-electron chi connectivity index (χ2n) is 4.76. The average molecular weight is 409 g/mol. The SMILES string of the molecule is C[C@H](NC(=O)COC(=O)c1ccccc1I)c1ccccc1. The summed E-state index contributed by atoms with van der Waals surface area (Å²) in [7, 11) is 0. The molecule has 0 unspecified atom stereocenters. The molecule has 0 saturated carbocycles. The number of benzene rings is 2. The van der Waals surface area contributed by atoms with E-state index in [-0.39, 0.29) is 18.6 Å². The Hall–Kier alpha value is -1.89. The molecule has 4 nitrogen and oxygen atoms in total. The van der Waals surface area contributed by atoms with Crippen molar-refractivity contribution in [1.82, 2.24) is 5.32 Å². The van der Waals surface area contributed by atoms with Crippen LogP contribution >= 0.6 is 22.6 Å². The highest BCUT2D eigenvalue weighted by Gasteiger charge is 2.14. The van der Waals surface area contributed by atoms with Crippen molar-refractivity contribution < 1.29 is 14.3 Å². The van der Waals surface area contributed by atoms with E-state index in [4.69, 9.17) is 4.74 Å². The van der Waals surface area contributed by atoms with Crippen LogP contribution < -0.4 is 5.32 Å². The van der Waals surface area contributed by atoms with Crippen LogP contribution in [0.5, 0.6) is 0 Å². The predicted molar refractivity (Wildman–Crippen MR) is 92.4 cm³/mol. The van der Waals surface area contributed by atoms with E-state index in [1.165, 1.54) is 0 Å². The summed E-state index contributed by atoms with van der Waals surface area (Å²) in [6.45, 7) is 1.59. The molecule has 1 N–H and O–H groups in total. The molecule has 0 spiro atoms. The lowest BCUT2D eigenvalue weighted by atomic mass is 10.1.